The third kappa shape index (κ3) is 3.61. The molecule has 0 atom stereocenters. The van der Waals surface area contributed by atoms with Crippen molar-refractivity contribution in [1.29, 1.82) is 0 Å². The molecule has 0 N–H and O–H groups in total. The Hall–Kier alpha value is -1.27. The van der Waals surface area contributed by atoms with Crippen LogP contribution < -0.4 is 4.74 Å². The Bertz CT molecular complexity index is 428. The fourth-order valence-corrected chi connectivity index (χ4v) is 2.09. The number of benzene rings is 1. The van der Waals surface area contributed by atoms with Crippen molar-refractivity contribution in [2.45, 2.75) is 12.7 Å². The van der Waals surface area contributed by atoms with Crippen LogP contribution in [0, 0.1) is 0 Å². The molecular weight excluding hydrogens is 259 g/mol. The topological polar surface area (TPSA) is 21.7 Å². The average molecular weight is 275 g/mol. The second-order valence-electron chi connectivity index (χ2n) is 4.42. The summed E-state index contributed by atoms with van der Waals surface area (Å²) in [5.41, 5.74) is -0.0872. The third-order valence-corrected chi connectivity index (χ3v) is 3.08. The fourth-order valence-electron chi connectivity index (χ4n) is 2.09. The summed E-state index contributed by atoms with van der Waals surface area (Å²) in [6.07, 6.45) is -4.40. The number of morpholine rings is 1. The van der Waals surface area contributed by atoms with E-state index < -0.39 is 11.7 Å². The van der Waals surface area contributed by atoms with Gasteiger partial charge in [-0.1, -0.05) is 6.07 Å². The highest BCUT2D eigenvalue weighted by Crippen LogP contribution is 2.36. The predicted molar refractivity (Wildman–Crippen MR) is 64.1 cm³/mol. The number of nitrogens with zero attached hydrogens (tertiary/aromatic N) is 1. The van der Waals surface area contributed by atoms with E-state index in [2.05, 4.69) is 4.90 Å². The lowest BCUT2D eigenvalue weighted by molar-refractivity contribution is -0.138. The largest absolute Gasteiger partial charge is 0.496 e. The van der Waals surface area contributed by atoms with E-state index in [4.69, 9.17) is 9.47 Å². The highest BCUT2D eigenvalue weighted by atomic mass is 19.4. The van der Waals surface area contributed by atoms with Crippen molar-refractivity contribution in [3.63, 3.8) is 0 Å². The molecule has 1 aromatic rings. The summed E-state index contributed by atoms with van der Waals surface area (Å²) >= 11 is 0. The maximum Gasteiger partial charge on any atom is 0.419 e. The lowest BCUT2D eigenvalue weighted by Gasteiger charge is -2.27. The molecule has 0 amide bonds. The van der Waals surface area contributed by atoms with E-state index in [9.17, 15) is 13.2 Å². The zero-order valence-electron chi connectivity index (χ0n) is 10.7. The number of alkyl halides is 3. The molecule has 1 heterocycles. The first-order valence-corrected chi connectivity index (χ1v) is 6.05. The van der Waals surface area contributed by atoms with E-state index in [1.807, 2.05) is 0 Å². The van der Waals surface area contributed by atoms with E-state index in [1.54, 1.807) is 6.07 Å². The summed E-state index contributed by atoms with van der Waals surface area (Å²) in [4.78, 5) is 2.07. The Labute approximate surface area is 109 Å². The fraction of sp³-hybridized carbons (Fsp3) is 0.538. The molecule has 0 bridgehead atoms. The Kier molecular flexibility index (Phi) is 4.31. The highest BCUT2D eigenvalue weighted by molar-refractivity contribution is 5.39. The predicted octanol–water partition coefficient (Wildman–Crippen LogP) is 2.55. The van der Waals surface area contributed by atoms with E-state index >= 15 is 0 Å². The maximum absolute atomic E-state index is 12.9. The zero-order chi connectivity index (χ0) is 13.9. The van der Waals surface area contributed by atoms with Crippen molar-refractivity contribution in [3.05, 3.63) is 29.3 Å². The second kappa shape index (κ2) is 5.79. The van der Waals surface area contributed by atoms with Crippen LogP contribution >= 0.6 is 0 Å². The van der Waals surface area contributed by atoms with Gasteiger partial charge in [-0.2, -0.15) is 13.2 Å². The normalized spacial score (nSPS) is 17.5. The van der Waals surface area contributed by atoms with Crippen molar-refractivity contribution >= 4 is 0 Å². The molecule has 3 nitrogen and oxygen atoms in total. The number of halogens is 3. The number of hydrogen-bond donors (Lipinski definition) is 0. The van der Waals surface area contributed by atoms with Crippen LogP contribution in [0.15, 0.2) is 18.2 Å². The second-order valence-corrected chi connectivity index (χ2v) is 4.42. The van der Waals surface area contributed by atoms with Crippen molar-refractivity contribution in [1.82, 2.24) is 4.90 Å². The minimum absolute atomic E-state index is 0.141. The molecule has 1 aromatic carbocycles. The lowest BCUT2D eigenvalue weighted by atomic mass is 10.1. The third-order valence-electron chi connectivity index (χ3n) is 3.08. The molecule has 106 valence electrons. The van der Waals surface area contributed by atoms with E-state index in [1.165, 1.54) is 13.2 Å². The molecular formula is C13H16F3NO2. The van der Waals surface area contributed by atoms with Crippen molar-refractivity contribution in [2.75, 3.05) is 33.4 Å². The van der Waals surface area contributed by atoms with Gasteiger partial charge in [0.05, 0.1) is 25.9 Å². The van der Waals surface area contributed by atoms with Crippen molar-refractivity contribution < 1.29 is 22.6 Å². The summed E-state index contributed by atoms with van der Waals surface area (Å²) in [7, 11) is 1.24. The number of ether oxygens (including phenoxy) is 2. The number of hydrogen-bond acceptors (Lipinski definition) is 3. The molecule has 1 aliphatic rings. The quantitative estimate of drug-likeness (QED) is 0.846. The minimum atomic E-state index is -4.40. The first kappa shape index (κ1) is 14.1. The molecule has 6 heteroatoms. The van der Waals surface area contributed by atoms with E-state index in [0.29, 0.717) is 25.3 Å². The Morgan fingerprint density at radius 3 is 2.53 bits per heavy atom. The maximum atomic E-state index is 12.9. The first-order valence-electron chi connectivity index (χ1n) is 6.05. The van der Waals surface area contributed by atoms with Crippen LogP contribution in [0.3, 0.4) is 0 Å². The van der Waals surface area contributed by atoms with Gasteiger partial charge in [-0.3, -0.25) is 4.90 Å². The summed E-state index contributed by atoms with van der Waals surface area (Å²) in [5.74, 6) is -0.141. The Morgan fingerprint density at radius 1 is 1.26 bits per heavy atom. The van der Waals surface area contributed by atoms with Gasteiger partial charge in [0.25, 0.3) is 0 Å². The van der Waals surface area contributed by atoms with Crippen LogP contribution in [-0.2, 0) is 17.5 Å². The molecule has 0 aliphatic carbocycles. The van der Waals surface area contributed by atoms with Crippen LogP contribution in [0.25, 0.3) is 0 Å². The molecule has 0 radical (unpaired) electrons. The van der Waals surface area contributed by atoms with Crippen LogP contribution in [0.5, 0.6) is 5.75 Å². The smallest absolute Gasteiger partial charge is 0.419 e. The van der Waals surface area contributed by atoms with E-state index in [0.717, 1.165) is 19.2 Å². The SMILES string of the molecule is COc1ccc(CN2CCOCC2)cc1C(F)(F)F. The summed E-state index contributed by atoms with van der Waals surface area (Å²) < 4.78 is 48.6. The lowest BCUT2D eigenvalue weighted by Crippen LogP contribution is -2.35. The molecule has 0 unspecified atom stereocenters. The van der Waals surface area contributed by atoms with Crippen molar-refractivity contribution in [2.24, 2.45) is 0 Å². The molecule has 1 saturated heterocycles. The zero-order valence-corrected chi connectivity index (χ0v) is 10.7. The van der Waals surface area contributed by atoms with Crippen LogP contribution in [-0.4, -0.2) is 38.3 Å². The number of rotatable bonds is 3. The van der Waals surface area contributed by atoms with Gasteiger partial charge in [0, 0.05) is 19.6 Å². The molecule has 2 rings (SSSR count). The van der Waals surface area contributed by atoms with Gasteiger partial charge >= 0.3 is 6.18 Å². The standard InChI is InChI=1S/C13H16F3NO2/c1-18-12-3-2-10(8-11(12)13(14,15)16)9-17-4-6-19-7-5-17/h2-3,8H,4-7,9H2,1H3. The van der Waals surface area contributed by atoms with E-state index in [-0.39, 0.29) is 5.75 Å². The van der Waals surface area contributed by atoms with Gasteiger partial charge in [-0.15, -0.1) is 0 Å². The summed E-state index contributed by atoms with van der Waals surface area (Å²) in [5, 5.41) is 0. The van der Waals surface area contributed by atoms with Crippen LogP contribution in [0.1, 0.15) is 11.1 Å². The van der Waals surface area contributed by atoms with Gasteiger partial charge in [-0.05, 0) is 17.7 Å². The van der Waals surface area contributed by atoms with Gasteiger partial charge < -0.3 is 9.47 Å². The molecule has 19 heavy (non-hydrogen) atoms. The van der Waals surface area contributed by atoms with Crippen LogP contribution in [0.2, 0.25) is 0 Å². The van der Waals surface area contributed by atoms with Crippen LogP contribution in [0.4, 0.5) is 13.2 Å². The van der Waals surface area contributed by atoms with Crippen molar-refractivity contribution in [3.8, 4) is 5.75 Å². The summed E-state index contributed by atoms with van der Waals surface area (Å²) in [6.45, 7) is 3.24. The number of methoxy groups -OCH3 is 1. The molecule has 1 aliphatic heterocycles. The Balaban J connectivity index is 2.17. The Morgan fingerprint density at radius 2 is 1.95 bits per heavy atom. The van der Waals surface area contributed by atoms with Gasteiger partial charge in [0.2, 0.25) is 0 Å². The molecule has 1 fully saturated rings. The monoisotopic (exact) mass is 275 g/mol. The van der Waals surface area contributed by atoms with Gasteiger partial charge in [0.1, 0.15) is 5.75 Å². The minimum Gasteiger partial charge on any atom is -0.496 e. The van der Waals surface area contributed by atoms with Gasteiger partial charge in [-0.25, -0.2) is 0 Å². The van der Waals surface area contributed by atoms with Gasteiger partial charge in [0.15, 0.2) is 0 Å². The summed E-state index contributed by atoms with van der Waals surface area (Å²) in [6, 6.07) is 4.20. The molecule has 0 saturated carbocycles. The highest BCUT2D eigenvalue weighted by Gasteiger charge is 2.34. The average Bonchev–Trinajstić information content (AvgIpc) is 2.39. The molecule has 0 spiro atoms. The molecule has 0 aromatic heterocycles. The first-order chi connectivity index (χ1) is 9.00.